The molecule has 22 heavy (non-hydrogen) atoms. The molecule has 3 heteroatoms. The molecule has 0 N–H and O–H groups in total. The molecule has 0 amide bonds. The molecule has 0 nitrogen and oxygen atoms in total. The largest absolute Gasteiger partial charge is 4.00 e. The van der Waals surface area contributed by atoms with Crippen LogP contribution in [0.1, 0.15) is 61.8 Å². The van der Waals surface area contributed by atoms with Gasteiger partial charge in [-0.15, -0.1) is 13.8 Å². The van der Waals surface area contributed by atoms with Gasteiger partial charge in [0.2, 0.25) is 0 Å². The Morgan fingerprint density at radius 2 is 0.955 bits per heavy atom. The summed E-state index contributed by atoms with van der Waals surface area (Å²) < 4.78 is 0. The molecule has 0 saturated carbocycles. The van der Waals surface area contributed by atoms with Crippen LogP contribution in [0.25, 0.3) is 0 Å². The van der Waals surface area contributed by atoms with Gasteiger partial charge in [0.15, 0.2) is 0 Å². The Kier molecular flexibility index (Phi) is 8.78. The summed E-state index contributed by atoms with van der Waals surface area (Å²) in [5.74, 6) is 0. The van der Waals surface area contributed by atoms with Crippen molar-refractivity contribution < 1.29 is 46.5 Å². The molecule has 0 saturated heterocycles. The molecule has 120 valence electrons. The van der Waals surface area contributed by atoms with Gasteiger partial charge in [-0.2, -0.15) is 22.3 Å². The van der Waals surface area contributed by atoms with Gasteiger partial charge in [-0.05, 0) is 0 Å². The van der Waals surface area contributed by atoms with Crippen LogP contribution < -0.4 is 24.8 Å². The second-order valence-electron chi connectivity index (χ2n) is 6.84. The first kappa shape index (κ1) is 24.5. The van der Waals surface area contributed by atoms with Crippen molar-refractivity contribution in [2.75, 3.05) is 0 Å². The first-order valence-corrected chi connectivity index (χ1v) is 7.21. The van der Waals surface area contributed by atoms with E-state index in [1.54, 1.807) is 0 Å². The molecule has 0 heterocycles. The van der Waals surface area contributed by atoms with Gasteiger partial charge >= 0.3 is 21.7 Å². The molecule has 2 atom stereocenters. The predicted molar refractivity (Wildman–Crippen MR) is 82.4 cm³/mol. The van der Waals surface area contributed by atoms with Crippen molar-refractivity contribution in [1.29, 1.82) is 0 Å². The van der Waals surface area contributed by atoms with Crippen LogP contribution in [0.4, 0.5) is 0 Å². The average Bonchev–Trinajstić information content (AvgIpc) is 2.61. The maximum absolute atomic E-state index is 3.70. The number of allylic oxidation sites excluding steroid dienone is 8. The zero-order chi connectivity index (χ0) is 14.6. The fourth-order valence-electron chi connectivity index (χ4n) is 3.65. The van der Waals surface area contributed by atoms with Crippen LogP contribution >= 0.6 is 0 Å². The molecule has 0 bridgehead atoms. The smallest absolute Gasteiger partial charge is 1.00 e. The van der Waals surface area contributed by atoms with Crippen molar-refractivity contribution in [1.82, 2.24) is 0 Å². The molecule has 0 spiro atoms. The molecule has 2 rings (SSSR count). The average molecular weight is 373 g/mol. The van der Waals surface area contributed by atoms with E-state index in [-0.39, 0.29) is 57.4 Å². The van der Waals surface area contributed by atoms with Crippen LogP contribution in [0, 0.1) is 23.0 Å². The normalized spacial score (nSPS) is 30.4. The SMILES string of the molecule is CC1=[C-]C(C)(CC2(C)[C-]=C(C)C(C)=C2C)C(C)=C1C.[Cl-].[Cl-].[Ti+4]. The minimum Gasteiger partial charge on any atom is -1.00 e. The summed E-state index contributed by atoms with van der Waals surface area (Å²) in [6.45, 7) is 18.0. The molecule has 0 aromatic carbocycles. The summed E-state index contributed by atoms with van der Waals surface area (Å²) in [5.41, 5.74) is 8.54. The molecule has 0 aliphatic heterocycles. The van der Waals surface area contributed by atoms with E-state index in [0.717, 1.165) is 6.42 Å². The summed E-state index contributed by atoms with van der Waals surface area (Å²) in [7, 11) is 0. The summed E-state index contributed by atoms with van der Waals surface area (Å²) in [4.78, 5) is 0. The zero-order valence-electron chi connectivity index (χ0n) is 15.0. The quantitative estimate of drug-likeness (QED) is 0.457. The topological polar surface area (TPSA) is 0 Å². The first-order chi connectivity index (χ1) is 8.61. The van der Waals surface area contributed by atoms with E-state index < -0.39 is 0 Å². The van der Waals surface area contributed by atoms with Gasteiger partial charge in [-0.25, -0.2) is 11.1 Å². The van der Waals surface area contributed by atoms with Crippen LogP contribution in [-0.4, -0.2) is 0 Å². The molecule has 2 unspecified atom stereocenters. The fraction of sp³-hybridized carbons (Fsp3) is 0.579. The van der Waals surface area contributed by atoms with Gasteiger partial charge in [0.1, 0.15) is 0 Å². The van der Waals surface area contributed by atoms with E-state index in [1.165, 1.54) is 33.4 Å². The molecule has 2 aliphatic carbocycles. The monoisotopic (exact) mass is 372 g/mol. The zero-order valence-corrected chi connectivity index (χ0v) is 18.0. The molecule has 0 fully saturated rings. The van der Waals surface area contributed by atoms with Crippen LogP contribution in [0.15, 0.2) is 33.4 Å². The van der Waals surface area contributed by atoms with Crippen molar-refractivity contribution in [2.45, 2.75) is 61.8 Å². The van der Waals surface area contributed by atoms with Crippen LogP contribution in [-0.2, 0) is 21.7 Å². The fourth-order valence-corrected chi connectivity index (χ4v) is 3.65. The Hall–Kier alpha value is 0.254. The standard InChI is InChI=1S/C19H26.2ClH.Ti/c1-12-9-18(7,16(5)14(12)3)11-19(8)10-13(2)15(4)17(19)6;;;/h11H2,1-8H3;2*1H;/q-2;;;+4/p-2. The summed E-state index contributed by atoms with van der Waals surface area (Å²) >= 11 is 0. The van der Waals surface area contributed by atoms with Crippen LogP contribution in [0.2, 0.25) is 0 Å². The minimum atomic E-state index is 0. The maximum atomic E-state index is 3.70. The van der Waals surface area contributed by atoms with Crippen molar-refractivity contribution in [3.63, 3.8) is 0 Å². The second kappa shape index (κ2) is 7.88. The minimum absolute atomic E-state index is 0. The maximum Gasteiger partial charge on any atom is 4.00 e. The van der Waals surface area contributed by atoms with E-state index in [4.69, 9.17) is 0 Å². The van der Waals surface area contributed by atoms with Crippen molar-refractivity contribution in [3.05, 3.63) is 45.6 Å². The van der Waals surface area contributed by atoms with Crippen LogP contribution in [0.3, 0.4) is 0 Å². The third kappa shape index (κ3) is 3.83. The van der Waals surface area contributed by atoms with Crippen molar-refractivity contribution >= 4 is 0 Å². The summed E-state index contributed by atoms with van der Waals surface area (Å²) in [6.07, 6.45) is 8.48. The van der Waals surface area contributed by atoms with E-state index in [0.29, 0.717) is 0 Å². The van der Waals surface area contributed by atoms with Gasteiger partial charge in [0, 0.05) is 0 Å². The number of hydrogen-bond donors (Lipinski definition) is 0. The number of rotatable bonds is 2. The summed E-state index contributed by atoms with van der Waals surface area (Å²) in [5, 5.41) is 0. The molecular weight excluding hydrogens is 347 g/mol. The predicted octanol–water partition coefficient (Wildman–Crippen LogP) is -0.406. The molecule has 0 aromatic rings. The van der Waals surface area contributed by atoms with Crippen molar-refractivity contribution in [3.8, 4) is 0 Å². The number of hydrogen-bond acceptors (Lipinski definition) is 0. The Morgan fingerprint density at radius 1 is 0.682 bits per heavy atom. The summed E-state index contributed by atoms with van der Waals surface area (Å²) in [6, 6.07) is 0. The molecular formula is C19H26Cl2Ti. The third-order valence-electron chi connectivity index (χ3n) is 5.54. The molecule has 0 radical (unpaired) electrons. The third-order valence-corrected chi connectivity index (χ3v) is 5.54. The van der Waals surface area contributed by atoms with Crippen LogP contribution in [0.5, 0.6) is 0 Å². The van der Waals surface area contributed by atoms with Gasteiger partial charge in [-0.3, -0.25) is 12.2 Å². The Bertz CT molecular complexity index is 516. The van der Waals surface area contributed by atoms with E-state index in [1.807, 2.05) is 0 Å². The molecule has 0 aromatic heterocycles. The Morgan fingerprint density at radius 3 is 1.14 bits per heavy atom. The molecule has 2 aliphatic rings. The second-order valence-corrected chi connectivity index (χ2v) is 6.84. The van der Waals surface area contributed by atoms with E-state index in [2.05, 4.69) is 67.5 Å². The first-order valence-electron chi connectivity index (χ1n) is 7.21. The van der Waals surface area contributed by atoms with E-state index >= 15 is 0 Å². The van der Waals surface area contributed by atoms with Gasteiger partial charge in [0.25, 0.3) is 0 Å². The van der Waals surface area contributed by atoms with Crippen molar-refractivity contribution in [2.24, 2.45) is 10.8 Å². The Balaban J connectivity index is 0. The number of halogens is 2. The van der Waals surface area contributed by atoms with E-state index in [9.17, 15) is 0 Å². The van der Waals surface area contributed by atoms with Gasteiger partial charge < -0.3 is 24.8 Å². The Labute approximate surface area is 164 Å². The van der Waals surface area contributed by atoms with Gasteiger partial charge in [-0.1, -0.05) is 58.8 Å². The van der Waals surface area contributed by atoms with Gasteiger partial charge in [0.05, 0.1) is 0 Å².